The minimum atomic E-state index is 0.169. The molecule has 2 heterocycles. The van der Waals surface area contributed by atoms with Gasteiger partial charge in [-0.15, -0.1) is 5.10 Å². The first-order valence-corrected chi connectivity index (χ1v) is 9.30. The lowest BCUT2D eigenvalue weighted by Gasteiger charge is -2.30. The van der Waals surface area contributed by atoms with Crippen molar-refractivity contribution in [3.05, 3.63) is 29.3 Å². The van der Waals surface area contributed by atoms with Gasteiger partial charge in [-0.2, -0.15) is 4.68 Å². The number of thioether (sulfide) groups is 1. The highest BCUT2D eigenvalue weighted by atomic mass is 32.2. The first-order valence-electron chi connectivity index (χ1n) is 8.32. The van der Waals surface area contributed by atoms with E-state index in [0.29, 0.717) is 16.8 Å². The van der Waals surface area contributed by atoms with Crippen LogP contribution >= 0.6 is 11.8 Å². The van der Waals surface area contributed by atoms with E-state index in [4.69, 9.17) is 0 Å². The summed E-state index contributed by atoms with van der Waals surface area (Å²) in [4.78, 5) is 14.4. The summed E-state index contributed by atoms with van der Waals surface area (Å²) in [6.07, 6.45) is 2.31. The fraction of sp³-hybridized carbons (Fsp3) is 0.529. The number of hydrogen-bond acceptors (Lipinski definition) is 5. The summed E-state index contributed by atoms with van der Waals surface area (Å²) in [7, 11) is 0. The molecule has 1 fully saturated rings. The Hall–Kier alpha value is -1.89. The van der Waals surface area contributed by atoms with Crippen LogP contribution in [0.5, 0.6) is 0 Å². The second-order valence-corrected chi connectivity index (χ2v) is 7.41. The molecular weight excluding hydrogens is 322 g/mol. The van der Waals surface area contributed by atoms with Gasteiger partial charge >= 0.3 is 0 Å². The van der Waals surface area contributed by atoms with Gasteiger partial charge in [-0.1, -0.05) is 30.8 Å². The standard InChI is InChI=1S/C17H23N5OS/c1-12-6-5-9-21(10-12)16(23)11-24-17-18-19-20-22(17)15-8-4-7-13(2)14(15)3/h4,7-8,12H,5-6,9-11H2,1-3H3/t12-/m0/s1. The summed E-state index contributed by atoms with van der Waals surface area (Å²) < 4.78 is 1.72. The Balaban J connectivity index is 1.70. The lowest BCUT2D eigenvalue weighted by Crippen LogP contribution is -2.40. The summed E-state index contributed by atoms with van der Waals surface area (Å²) in [5.41, 5.74) is 3.29. The normalized spacial score (nSPS) is 18.0. The Labute approximate surface area is 146 Å². The van der Waals surface area contributed by atoms with E-state index in [1.807, 2.05) is 17.0 Å². The fourth-order valence-corrected chi connectivity index (χ4v) is 3.81. The molecule has 1 aliphatic rings. The molecule has 6 nitrogen and oxygen atoms in total. The van der Waals surface area contributed by atoms with Crippen molar-refractivity contribution < 1.29 is 4.79 Å². The van der Waals surface area contributed by atoms with Crippen LogP contribution in [0.1, 0.15) is 30.9 Å². The number of aromatic nitrogens is 4. The van der Waals surface area contributed by atoms with Crippen LogP contribution in [-0.4, -0.2) is 49.9 Å². The molecule has 2 aromatic rings. The van der Waals surface area contributed by atoms with E-state index in [-0.39, 0.29) is 5.91 Å². The molecule has 1 aliphatic heterocycles. The first-order chi connectivity index (χ1) is 11.6. The minimum absolute atomic E-state index is 0.169. The molecule has 24 heavy (non-hydrogen) atoms. The Morgan fingerprint density at radius 1 is 1.38 bits per heavy atom. The molecule has 7 heteroatoms. The van der Waals surface area contributed by atoms with Crippen molar-refractivity contribution in [2.45, 2.75) is 38.8 Å². The molecule has 3 rings (SSSR count). The van der Waals surface area contributed by atoms with Crippen LogP contribution in [0.25, 0.3) is 5.69 Å². The first kappa shape index (κ1) is 17.0. The van der Waals surface area contributed by atoms with E-state index in [1.54, 1.807) is 4.68 Å². The molecule has 128 valence electrons. The van der Waals surface area contributed by atoms with Crippen LogP contribution in [0.3, 0.4) is 0 Å². The number of carbonyl (C=O) groups excluding carboxylic acids is 1. The molecule has 0 bridgehead atoms. The minimum Gasteiger partial charge on any atom is -0.342 e. The monoisotopic (exact) mass is 345 g/mol. The quantitative estimate of drug-likeness (QED) is 0.797. The van der Waals surface area contributed by atoms with Gasteiger partial charge in [-0.05, 0) is 60.2 Å². The average Bonchev–Trinajstić information content (AvgIpc) is 3.03. The number of carbonyl (C=O) groups is 1. The predicted octanol–water partition coefficient (Wildman–Crippen LogP) is 2.63. The summed E-state index contributed by atoms with van der Waals surface area (Å²) in [5.74, 6) is 1.13. The molecule has 0 N–H and O–H groups in total. The third kappa shape index (κ3) is 3.61. The van der Waals surface area contributed by atoms with Gasteiger partial charge in [0.2, 0.25) is 11.1 Å². The van der Waals surface area contributed by atoms with E-state index in [2.05, 4.69) is 42.4 Å². The van der Waals surface area contributed by atoms with E-state index >= 15 is 0 Å². The highest BCUT2D eigenvalue weighted by Gasteiger charge is 2.22. The van der Waals surface area contributed by atoms with Gasteiger partial charge in [-0.3, -0.25) is 4.79 Å². The van der Waals surface area contributed by atoms with Crippen molar-refractivity contribution in [1.82, 2.24) is 25.1 Å². The SMILES string of the molecule is Cc1cccc(-n2nnnc2SCC(=O)N2CCC[C@H](C)C2)c1C. The lowest BCUT2D eigenvalue weighted by molar-refractivity contribution is -0.130. The molecule has 0 aliphatic carbocycles. The zero-order chi connectivity index (χ0) is 17.1. The Morgan fingerprint density at radius 3 is 3.00 bits per heavy atom. The highest BCUT2D eigenvalue weighted by molar-refractivity contribution is 7.99. The topological polar surface area (TPSA) is 63.9 Å². The number of amides is 1. The Morgan fingerprint density at radius 2 is 2.21 bits per heavy atom. The summed E-state index contributed by atoms with van der Waals surface area (Å²) in [6.45, 7) is 8.05. The van der Waals surface area contributed by atoms with Crippen molar-refractivity contribution in [2.75, 3.05) is 18.8 Å². The lowest BCUT2D eigenvalue weighted by atomic mass is 10.0. The van der Waals surface area contributed by atoms with E-state index < -0.39 is 0 Å². The van der Waals surface area contributed by atoms with Gasteiger partial charge in [-0.25, -0.2) is 0 Å². The molecule has 1 aromatic heterocycles. The van der Waals surface area contributed by atoms with Gasteiger partial charge in [0, 0.05) is 13.1 Å². The average molecular weight is 345 g/mol. The zero-order valence-electron chi connectivity index (χ0n) is 14.4. The van der Waals surface area contributed by atoms with E-state index in [9.17, 15) is 4.79 Å². The molecular formula is C17H23N5OS. The summed E-state index contributed by atoms with van der Waals surface area (Å²) in [5, 5.41) is 12.6. The fourth-order valence-electron chi connectivity index (χ4n) is 3.02. The van der Waals surface area contributed by atoms with Crippen LogP contribution < -0.4 is 0 Å². The number of piperidine rings is 1. The van der Waals surface area contributed by atoms with Gasteiger partial charge in [0.25, 0.3) is 0 Å². The van der Waals surface area contributed by atoms with Crippen LogP contribution in [-0.2, 0) is 4.79 Å². The maximum absolute atomic E-state index is 12.4. The molecule has 0 spiro atoms. The van der Waals surface area contributed by atoms with Crippen molar-refractivity contribution in [1.29, 1.82) is 0 Å². The van der Waals surface area contributed by atoms with Crippen LogP contribution in [0, 0.1) is 19.8 Å². The predicted molar refractivity (Wildman–Crippen MR) is 94.3 cm³/mol. The molecule has 1 saturated heterocycles. The third-order valence-corrected chi connectivity index (χ3v) is 5.48. The van der Waals surface area contributed by atoms with Crippen LogP contribution in [0.4, 0.5) is 0 Å². The molecule has 1 aromatic carbocycles. The maximum Gasteiger partial charge on any atom is 0.233 e. The van der Waals surface area contributed by atoms with Crippen LogP contribution in [0.15, 0.2) is 23.4 Å². The van der Waals surface area contributed by atoms with Crippen molar-refractivity contribution in [3.8, 4) is 5.69 Å². The second kappa shape index (κ2) is 7.34. The van der Waals surface area contributed by atoms with E-state index in [0.717, 1.165) is 30.8 Å². The molecule has 0 unspecified atom stereocenters. The van der Waals surface area contributed by atoms with Gasteiger partial charge < -0.3 is 4.90 Å². The van der Waals surface area contributed by atoms with Crippen molar-refractivity contribution in [2.24, 2.45) is 5.92 Å². The molecule has 1 atom stereocenters. The number of tetrazole rings is 1. The van der Waals surface area contributed by atoms with E-state index in [1.165, 1.54) is 23.7 Å². The smallest absolute Gasteiger partial charge is 0.233 e. The Bertz CT molecular complexity index is 730. The van der Waals surface area contributed by atoms with Gasteiger partial charge in [0.05, 0.1) is 11.4 Å². The number of rotatable bonds is 4. The van der Waals surface area contributed by atoms with Gasteiger partial charge in [0.1, 0.15) is 0 Å². The second-order valence-electron chi connectivity index (χ2n) is 6.47. The number of aryl methyl sites for hydroxylation is 1. The summed E-state index contributed by atoms with van der Waals surface area (Å²) in [6, 6.07) is 6.06. The largest absolute Gasteiger partial charge is 0.342 e. The molecule has 1 amide bonds. The molecule has 0 radical (unpaired) electrons. The number of nitrogens with zero attached hydrogens (tertiary/aromatic N) is 5. The summed E-state index contributed by atoms with van der Waals surface area (Å²) >= 11 is 1.40. The number of hydrogen-bond donors (Lipinski definition) is 0. The molecule has 0 saturated carbocycles. The highest BCUT2D eigenvalue weighted by Crippen LogP contribution is 2.23. The number of likely N-dealkylation sites (tertiary alicyclic amines) is 1. The Kier molecular flexibility index (Phi) is 5.18. The maximum atomic E-state index is 12.4. The van der Waals surface area contributed by atoms with Crippen LogP contribution in [0.2, 0.25) is 0 Å². The van der Waals surface area contributed by atoms with Crippen molar-refractivity contribution >= 4 is 17.7 Å². The zero-order valence-corrected chi connectivity index (χ0v) is 15.2. The van der Waals surface area contributed by atoms with Crippen molar-refractivity contribution in [3.63, 3.8) is 0 Å². The third-order valence-electron chi connectivity index (χ3n) is 4.58. The number of benzene rings is 1. The van der Waals surface area contributed by atoms with Gasteiger partial charge in [0.15, 0.2) is 0 Å².